The van der Waals surface area contributed by atoms with Crippen LogP contribution in [0.15, 0.2) is 24.5 Å². The van der Waals surface area contributed by atoms with E-state index in [0.29, 0.717) is 13.2 Å². The van der Waals surface area contributed by atoms with E-state index in [1.165, 1.54) is 0 Å². The Morgan fingerprint density at radius 2 is 2.60 bits per heavy atom. The van der Waals surface area contributed by atoms with E-state index in [2.05, 4.69) is 4.98 Å². The molecular weight excluding hydrogens is 196 g/mol. The molecule has 0 saturated carbocycles. The highest BCUT2D eigenvalue weighted by atomic mass is 16.6. The second-order valence-electron chi connectivity index (χ2n) is 3.28. The highest BCUT2D eigenvalue weighted by Crippen LogP contribution is 2.20. The Hall–Kier alpha value is -1.62. The molecule has 1 aliphatic heterocycles. The molecule has 1 atom stereocenters. The monoisotopic (exact) mass is 208 g/mol. The van der Waals surface area contributed by atoms with Crippen LogP contribution in [0.4, 0.5) is 10.5 Å². The number of pyridine rings is 1. The van der Waals surface area contributed by atoms with Gasteiger partial charge in [-0.05, 0) is 12.1 Å². The van der Waals surface area contributed by atoms with Crippen LogP contribution in [0.3, 0.4) is 0 Å². The molecule has 80 valence electrons. The van der Waals surface area contributed by atoms with Gasteiger partial charge in [0.1, 0.15) is 6.10 Å². The molecule has 1 saturated heterocycles. The summed E-state index contributed by atoms with van der Waals surface area (Å²) in [5.74, 6) is 0. The van der Waals surface area contributed by atoms with Gasteiger partial charge in [-0.15, -0.1) is 0 Å². The molecule has 5 heteroatoms. The normalized spacial score (nSPS) is 20.5. The molecule has 0 aromatic carbocycles. The summed E-state index contributed by atoms with van der Waals surface area (Å²) in [5, 5.41) is 0. The molecule has 1 aliphatic rings. The van der Waals surface area contributed by atoms with Crippen LogP contribution in [0.1, 0.15) is 0 Å². The van der Waals surface area contributed by atoms with Crippen LogP contribution in [-0.2, 0) is 9.47 Å². The molecule has 1 aromatic rings. The Kier molecular flexibility index (Phi) is 2.82. The summed E-state index contributed by atoms with van der Waals surface area (Å²) >= 11 is 0. The van der Waals surface area contributed by atoms with Gasteiger partial charge in [-0.1, -0.05) is 0 Å². The van der Waals surface area contributed by atoms with Crippen molar-refractivity contribution in [3.05, 3.63) is 24.5 Å². The average Bonchev–Trinajstić information content (AvgIpc) is 2.61. The lowest BCUT2D eigenvalue weighted by Crippen LogP contribution is -2.25. The first-order valence-corrected chi connectivity index (χ1v) is 4.68. The standard InChI is InChI=1S/C10H12N2O3/c1-14-7-9-6-12(10(13)15-9)8-3-2-4-11-5-8/h2-5,9H,6-7H2,1H3/t9-/m0/s1. The van der Waals surface area contributed by atoms with Crippen molar-refractivity contribution in [2.24, 2.45) is 0 Å². The molecule has 1 fully saturated rings. The maximum atomic E-state index is 11.5. The molecule has 0 bridgehead atoms. The Morgan fingerprint density at radius 3 is 3.27 bits per heavy atom. The number of nitrogens with zero attached hydrogens (tertiary/aromatic N) is 2. The van der Waals surface area contributed by atoms with E-state index >= 15 is 0 Å². The summed E-state index contributed by atoms with van der Waals surface area (Å²) in [4.78, 5) is 17.0. The number of rotatable bonds is 3. The van der Waals surface area contributed by atoms with Crippen LogP contribution in [0.25, 0.3) is 0 Å². The van der Waals surface area contributed by atoms with Gasteiger partial charge in [0, 0.05) is 13.3 Å². The van der Waals surface area contributed by atoms with Crippen LogP contribution in [0.2, 0.25) is 0 Å². The van der Waals surface area contributed by atoms with Gasteiger partial charge in [-0.25, -0.2) is 4.79 Å². The maximum absolute atomic E-state index is 11.5. The minimum atomic E-state index is -0.343. The van der Waals surface area contributed by atoms with E-state index in [1.54, 1.807) is 30.5 Å². The lowest BCUT2D eigenvalue weighted by Gasteiger charge is -2.11. The third-order valence-corrected chi connectivity index (χ3v) is 2.18. The number of amides is 1. The van der Waals surface area contributed by atoms with E-state index in [1.807, 2.05) is 6.07 Å². The van der Waals surface area contributed by atoms with Crippen molar-refractivity contribution < 1.29 is 14.3 Å². The maximum Gasteiger partial charge on any atom is 0.414 e. The minimum Gasteiger partial charge on any atom is -0.441 e. The molecule has 0 radical (unpaired) electrons. The van der Waals surface area contributed by atoms with Crippen molar-refractivity contribution in [1.82, 2.24) is 4.98 Å². The van der Waals surface area contributed by atoms with Gasteiger partial charge < -0.3 is 9.47 Å². The second-order valence-corrected chi connectivity index (χ2v) is 3.28. The van der Waals surface area contributed by atoms with E-state index in [0.717, 1.165) is 5.69 Å². The number of ether oxygens (including phenoxy) is 2. The smallest absolute Gasteiger partial charge is 0.414 e. The molecule has 2 heterocycles. The topological polar surface area (TPSA) is 51.7 Å². The predicted octanol–water partition coefficient (Wildman–Crippen LogP) is 1.05. The Labute approximate surface area is 87.6 Å². The van der Waals surface area contributed by atoms with Crippen molar-refractivity contribution in [2.75, 3.05) is 25.2 Å². The molecule has 0 unspecified atom stereocenters. The summed E-state index contributed by atoms with van der Waals surface area (Å²) in [5.41, 5.74) is 0.751. The molecule has 1 aromatic heterocycles. The average molecular weight is 208 g/mol. The number of carbonyl (C=O) groups excluding carboxylic acids is 1. The number of anilines is 1. The highest BCUT2D eigenvalue weighted by Gasteiger charge is 2.32. The number of methoxy groups -OCH3 is 1. The molecule has 15 heavy (non-hydrogen) atoms. The van der Waals surface area contributed by atoms with Gasteiger partial charge in [-0.2, -0.15) is 0 Å². The number of hydrogen-bond acceptors (Lipinski definition) is 4. The van der Waals surface area contributed by atoms with Crippen LogP contribution in [-0.4, -0.2) is 37.4 Å². The Bertz CT molecular complexity index is 342. The van der Waals surface area contributed by atoms with Crippen molar-refractivity contribution in [3.8, 4) is 0 Å². The van der Waals surface area contributed by atoms with Crippen LogP contribution in [0.5, 0.6) is 0 Å². The lowest BCUT2D eigenvalue weighted by molar-refractivity contribution is 0.0718. The number of hydrogen-bond donors (Lipinski definition) is 0. The lowest BCUT2D eigenvalue weighted by atomic mass is 10.3. The van der Waals surface area contributed by atoms with Crippen LogP contribution >= 0.6 is 0 Å². The first kappa shape index (κ1) is 9.92. The predicted molar refractivity (Wildman–Crippen MR) is 53.7 cm³/mol. The van der Waals surface area contributed by atoms with Gasteiger partial charge >= 0.3 is 6.09 Å². The number of aromatic nitrogens is 1. The van der Waals surface area contributed by atoms with Crippen molar-refractivity contribution >= 4 is 11.8 Å². The molecule has 2 rings (SSSR count). The molecule has 0 aliphatic carbocycles. The molecule has 0 spiro atoms. The van der Waals surface area contributed by atoms with Crippen molar-refractivity contribution in [3.63, 3.8) is 0 Å². The second kappa shape index (κ2) is 4.27. The summed E-state index contributed by atoms with van der Waals surface area (Å²) < 4.78 is 10.0. The first-order valence-electron chi connectivity index (χ1n) is 4.68. The quantitative estimate of drug-likeness (QED) is 0.745. The van der Waals surface area contributed by atoms with Gasteiger partial charge in [0.15, 0.2) is 0 Å². The SMILES string of the molecule is COC[C@@H]1CN(c2cccnc2)C(=O)O1. The largest absolute Gasteiger partial charge is 0.441 e. The highest BCUT2D eigenvalue weighted by molar-refractivity contribution is 5.89. The van der Waals surface area contributed by atoms with Crippen molar-refractivity contribution in [2.45, 2.75) is 6.10 Å². The van der Waals surface area contributed by atoms with Gasteiger partial charge in [0.05, 0.1) is 25.0 Å². The van der Waals surface area contributed by atoms with Gasteiger partial charge in [0.25, 0.3) is 0 Å². The molecule has 0 N–H and O–H groups in total. The fraction of sp³-hybridized carbons (Fsp3) is 0.400. The summed E-state index contributed by atoms with van der Waals surface area (Å²) in [6.45, 7) is 0.931. The third-order valence-electron chi connectivity index (χ3n) is 2.18. The zero-order valence-electron chi connectivity index (χ0n) is 8.42. The number of carbonyl (C=O) groups is 1. The minimum absolute atomic E-state index is 0.192. The first-order chi connectivity index (χ1) is 7.31. The van der Waals surface area contributed by atoms with E-state index < -0.39 is 0 Å². The van der Waals surface area contributed by atoms with Gasteiger partial charge in [-0.3, -0.25) is 9.88 Å². The van der Waals surface area contributed by atoms with E-state index in [-0.39, 0.29) is 12.2 Å². The Balaban J connectivity index is 2.09. The van der Waals surface area contributed by atoms with Crippen LogP contribution < -0.4 is 4.90 Å². The zero-order chi connectivity index (χ0) is 10.7. The molecular formula is C10H12N2O3. The van der Waals surface area contributed by atoms with Crippen molar-refractivity contribution in [1.29, 1.82) is 0 Å². The Morgan fingerprint density at radius 1 is 1.73 bits per heavy atom. The summed E-state index contributed by atoms with van der Waals surface area (Å²) in [6.07, 6.45) is 2.77. The zero-order valence-corrected chi connectivity index (χ0v) is 8.42. The number of cyclic esters (lactones) is 1. The van der Waals surface area contributed by atoms with E-state index in [9.17, 15) is 4.79 Å². The van der Waals surface area contributed by atoms with Gasteiger partial charge in [0.2, 0.25) is 0 Å². The third kappa shape index (κ3) is 2.07. The molecule has 5 nitrogen and oxygen atoms in total. The summed E-state index contributed by atoms with van der Waals surface area (Å²) in [6, 6.07) is 3.61. The fourth-order valence-corrected chi connectivity index (χ4v) is 1.52. The van der Waals surface area contributed by atoms with E-state index in [4.69, 9.17) is 9.47 Å². The fourth-order valence-electron chi connectivity index (χ4n) is 1.52. The molecule has 1 amide bonds. The van der Waals surface area contributed by atoms with Crippen LogP contribution in [0, 0.1) is 0 Å². The summed E-state index contributed by atoms with van der Waals surface area (Å²) in [7, 11) is 1.58.